The SMILES string of the molecule is CN1CCCC1.O=C(O)CCCCCCC(F)(F)C(F)(F)C(=O)O. The number of unbranched alkanes of at least 4 members (excludes halogenated alkanes) is 3. The van der Waals surface area contributed by atoms with Crippen LogP contribution in [0.4, 0.5) is 17.6 Å². The third-order valence-electron chi connectivity index (χ3n) is 3.69. The first-order valence-corrected chi connectivity index (χ1v) is 7.90. The first-order chi connectivity index (χ1) is 11.0. The van der Waals surface area contributed by atoms with Crippen LogP contribution in [0.3, 0.4) is 0 Å². The minimum absolute atomic E-state index is 0.109. The molecular weight excluding hydrogens is 334 g/mol. The van der Waals surface area contributed by atoms with Gasteiger partial charge in [-0.3, -0.25) is 4.79 Å². The topological polar surface area (TPSA) is 77.8 Å². The highest BCUT2D eigenvalue weighted by Gasteiger charge is 2.61. The number of rotatable bonds is 9. The molecule has 1 fully saturated rings. The van der Waals surface area contributed by atoms with Gasteiger partial charge in [-0.15, -0.1) is 0 Å². The number of carbonyl (C=O) groups is 2. The van der Waals surface area contributed by atoms with Crippen LogP contribution in [0, 0.1) is 0 Å². The molecule has 1 heterocycles. The van der Waals surface area contributed by atoms with Gasteiger partial charge in [0.2, 0.25) is 0 Å². The Bertz CT molecular complexity index is 399. The first kappa shape index (κ1) is 22.6. The van der Waals surface area contributed by atoms with Crippen molar-refractivity contribution in [3.63, 3.8) is 0 Å². The largest absolute Gasteiger partial charge is 0.481 e. The van der Waals surface area contributed by atoms with E-state index in [0.717, 1.165) is 0 Å². The van der Waals surface area contributed by atoms with Gasteiger partial charge in [0.15, 0.2) is 0 Å². The van der Waals surface area contributed by atoms with E-state index in [0.29, 0.717) is 6.42 Å². The van der Waals surface area contributed by atoms with Gasteiger partial charge in [0.05, 0.1) is 0 Å². The molecule has 0 spiro atoms. The van der Waals surface area contributed by atoms with Gasteiger partial charge in [-0.05, 0) is 45.8 Å². The highest BCUT2D eigenvalue weighted by Crippen LogP contribution is 2.38. The molecule has 1 rings (SSSR count). The first-order valence-electron chi connectivity index (χ1n) is 7.90. The van der Waals surface area contributed by atoms with Gasteiger partial charge in [-0.25, -0.2) is 4.79 Å². The number of carboxylic acids is 2. The lowest BCUT2D eigenvalue weighted by Crippen LogP contribution is -2.47. The monoisotopic (exact) mass is 359 g/mol. The molecule has 0 aromatic carbocycles. The van der Waals surface area contributed by atoms with E-state index >= 15 is 0 Å². The molecule has 0 unspecified atom stereocenters. The molecule has 1 aliphatic heterocycles. The average Bonchev–Trinajstić information content (AvgIpc) is 2.93. The zero-order valence-corrected chi connectivity index (χ0v) is 13.7. The average molecular weight is 359 g/mol. The summed E-state index contributed by atoms with van der Waals surface area (Å²) in [5.41, 5.74) is 0. The standard InChI is InChI=1S/C10H14F4O4.C5H11N/c11-9(12,10(13,14)8(17)18)6-4-2-1-3-5-7(15)16;1-6-4-2-3-5-6/h1-6H2,(H,15,16)(H,17,18);2-5H2,1H3. The highest BCUT2D eigenvalue weighted by atomic mass is 19.3. The van der Waals surface area contributed by atoms with Crippen molar-refractivity contribution in [3.8, 4) is 0 Å². The summed E-state index contributed by atoms with van der Waals surface area (Å²) in [6.45, 7) is 2.64. The third-order valence-corrected chi connectivity index (χ3v) is 3.69. The summed E-state index contributed by atoms with van der Waals surface area (Å²) in [6, 6.07) is 0. The Balaban J connectivity index is 0.000000728. The summed E-state index contributed by atoms with van der Waals surface area (Å²) in [7, 11) is 2.17. The molecule has 1 aliphatic rings. The Kier molecular flexibility index (Phi) is 9.88. The summed E-state index contributed by atoms with van der Waals surface area (Å²) in [5, 5.41) is 16.3. The van der Waals surface area contributed by atoms with Crippen LogP contribution < -0.4 is 0 Å². The van der Waals surface area contributed by atoms with Crippen LogP contribution in [0.1, 0.15) is 51.4 Å². The van der Waals surface area contributed by atoms with Gasteiger partial charge in [0.1, 0.15) is 0 Å². The van der Waals surface area contributed by atoms with E-state index in [-0.39, 0.29) is 25.7 Å². The summed E-state index contributed by atoms with van der Waals surface area (Å²) < 4.78 is 50.9. The van der Waals surface area contributed by atoms with Crippen molar-refractivity contribution in [1.82, 2.24) is 4.90 Å². The minimum Gasteiger partial charge on any atom is -0.481 e. The molecule has 142 valence electrons. The van der Waals surface area contributed by atoms with Crippen molar-refractivity contribution < 1.29 is 37.4 Å². The zero-order valence-electron chi connectivity index (χ0n) is 13.7. The lowest BCUT2D eigenvalue weighted by molar-refractivity contribution is -0.226. The summed E-state index contributed by atoms with van der Waals surface area (Å²) in [6.07, 6.45) is 1.94. The van der Waals surface area contributed by atoms with Gasteiger partial charge in [0.25, 0.3) is 0 Å². The van der Waals surface area contributed by atoms with Crippen LogP contribution in [-0.2, 0) is 9.59 Å². The van der Waals surface area contributed by atoms with Crippen molar-refractivity contribution in [2.24, 2.45) is 0 Å². The quantitative estimate of drug-likeness (QED) is 0.487. The molecule has 5 nitrogen and oxygen atoms in total. The van der Waals surface area contributed by atoms with E-state index < -0.39 is 30.2 Å². The fraction of sp³-hybridized carbons (Fsp3) is 0.867. The number of hydrogen-bond donors (Lipinski definition) is 2. The number of carboxylic acid groups (broad SMARTS) is 2. The Morgan fingerprint density at radius 3 is 1.83 bits per heavy atom. The molecule has 24 heavy (non-hydrogen) atoms. The van der Waals surface area contributed by atoms with Crippen molar-refractivity contribution in [2.45, 2.75) is 63.2 Å². The second-order valence-corrected chi connectivity index (χ2v) is 5.90. The van der Waals surface area contributed by atoms with Crippen LogP contribution >= 0.6 is 0 Å². The normalized spacial score (nSPS) is 15.7. The fourth-order valence-electron chi connectivity index (χ4n) is 2.17. The maximum absolute atomic E-state index is 12.9. The molecule has 0 bridgehead atoms. The van der Waals surface area contributed by atoms with Gasteiger partial charge in [-0.2, -0.15) is 17.6 Å². The van der Waals surface area contributed by atoms with E-state index in [9.17, 15) is 27.2 Å². The maximum atomic E-state index is 12.9. The predicted molar refractivity (Wildman–Crippen MR) is 79.6 cm³/mol. The molecule has 2 N–H and O–H groups in total. The molecule has 0 amide bonds. The summed E-state index contributed by atoms with van der Waals surface area (Å²) in [4.78, 5) is 22.5. The van der Waals surface area contributed by atoms with E-state index in [4.69, 9.17) is 10.2 Å². The van der Waals surface area contributed by atoms with Crippen molar-refractivity contribution in [3.05, 3.63) is 0 Å². The maximum Gasteiger partial charge on any atom is 0.404 e. The zero-order chi connectivity index (χ0) is 18.8. The number of halogens is 4. The second kappa shape index (κ2) is 10.5. The number of hydrogen-bond acceptors (Lipinski definition) is 3. The number of aliphatic carboxylic acids is 2. The van der Waals surface area contributed by atoms with E-state index in [1.165, 1.54) is 25.9 Å². The Labute approximate surface area is 138 Å². The molecule has 9 heteroatoms. The van der Waals surface area contributed by atoms with Crippen LogP contribution in [0.15, 0.2) is 0 Å². The van der Waals surface area contributed by atoms with Crippen molar-refractivity contribution in [1.29, 1.82) is 0 Å². The van der Waals surface area contributed by atoms with E-state index in [1.54, 1.807) is 0 Å². The molecule has 0 saturated carbocycles. The predicted octanol–water partition coefficient (Wildman–Crippen LogP) is 3.48. The molecule has 1 saturated heterocycles. The number of alkyl halides is 4. The summed E-state index contributed by atoms with van der Waals surface area (Å²) in [5.74, 6) is -13.5. The van der Waals surface area contributed by atoms with E-state index in [2.05, 4.69) is 11.9 Å². The van der Waals surface area contributed by atoms with E-state index in [1.807, 2.05) is 0 Å². The smallest absolute Gasteiger partial charge is 0.404 e. The minimum atomic E-state index is -5.08. The van der Waals surface area contributed by atoms with Gasteiger partial charge in [0, 0.05) is 12.8 Å². The number of nitrogens with zero attached hydrogens (tertiary/aromatic N) is 1. The Morgan fingerprint density at radius 1 is 0.958 bits per heavy atom. The fourth-order valence-corrected chi connectivity index (χ4v) is 2.17. The van der Waals surface area contributed by atoms with Gasteiger partial charge < -0.3 is 15.1 Å². The lowest BCUT2D eigenvalue weighted by atomic mass is 10.0. The van der Waals surface area contributed by atoms with Crippen molar-refractivity contribution in [2.75, 3.05) is 20.1 Å². The Morgan fingerprint density at radius 2 is 1.46 bits per heavy atom. The molecule has 0 atom stereocenters. The van der Waals surface area contributed by atoms with Gasteiger partial charge in [-0.1, -0.05) is 12.8 Å². The lowest BCUT2D eigenvalue weighted by Gasteiger charge is -2.22. The van der Waals surface area contributed by atoms with Crippen LogP contribution in [0.5, 0.6) is 0 Å². The highest BCUT2D eigenvalue weighted by molar-refractivity contribution is 5.76. The van der Waals surface area contributed by atoms with Crippen LogP contribution in [0.25, 0.3) is 0 Å². The molecule has 0 aliphatic carbocycles. The molecule has 0 aromatic rings. The molecule has 0 aromatic heterocycles. The Hall–Kier alpha value is -1.38. The molecular formula is C15H25F4NO4. The number of likely N-dealkylation sites (tertiary alicyclic amines) is 1. The van der Waals surface area contributed by atoms with Gasteiger partial charge >= 0.3 is 23.8 Å². The van der Waals surface area contributed by atoms with Crippen LogP contribution in [-0.4, -0.2) is 59.0 Å². The van der Waals surface area contributed by atoms with Crippen LogP contribution in [0.2, 0.25) is 0 Å². The van der Waals surface area contributed by atoms with Crippen molar-refractivity contribution >= 4 is 11.9 Å². The third kappa shape index (κ3) is 8.47. The summed E-state index contributed by atoms with van der Waals surface area (Å²) >= 11 is 0. The second-order valence-electron chi connectivity index (χ2n) is 5.90. The molecule has 0 radical (unpaired) electrons.